The van der Waals surface area contributed by atoms with Gasteiger partial charge in [0, 0.05) is 17.7 Å². The van der Waals surface area contributed by atoms with Gasteiger partial charge in [0.25, 0.3) is 0 Å². The summed E-state index contributed by atoms with van der Waals surface area (Å²) >= 11 is 0. The van der Waals surface area contributed by atoms with E-state index in [0.29, 0.717) is 0 Å². The van der Waals surface area contributed by atoms with Crippen LogP contribution in [0.2, 0.25) is 0 Å². The second-order valence-corrected chi connectivity index (χ2v) is 17.8. The zero-order valence-corrected chi connectivity index (χ0v) is 38.7. The molecular formula is C47H56O25. The molecule has 5 heterocycles. The van der Waals surface area contributed by atoms with Crippen molar-refractivity contribution in [3.63, 3.8) is 0 Å². The predicted octanol–water partition coefficient (Wildman–Crippen LogP) is -2.17. The number of fused-ring (bicyclic) bond motifs is 1. The maximum absolute atomic E-state index is 14.8. The summed E-state index contributed by atoms with van der Waals surface area (Å²) in [4.78, 5) is 28.2. The first kappa shape index (κ1) is 53.0. The molecule has 12 N–H and O–H groups in total. The van der Waals surface area contributed by atoms with E-state index in [1.807, 2.05) is 0 Å². The lowest BCUT2D eigenvalue weighted by atomic mass is 9.97. The number of benzene rings is 3. The SMILES string of the molecule is COc1ccccc1C(=O)O[C@H]1[C@H](Oc2cc(O)c3c(=O)c(O[C@@H]4O[C@H](CO[C@@H]5O[C@@H](C)[C@H](O)[C@@H](O)[C@H]5O)[C@H](O)[C@H](O)[C@H]4O[C@@H]4O[C@@H](C)[C@H](O)[C@@H](O)[C@H]4O)c(-c4ccc(O)cc4)oc3c2)O[C@@H](C)[C@H](O)[C@H]1O. The number of carbonyl (C=O) groups excluding carboxylic acids is 1. The summed E-state index contributed by atoms with van der Waals surface area (Å²) in [5.74, 6) is -3.33. The molecule has 8 rings (SSSR count). The zero-order chi connectivity index (χ0) is 52.0. The second kappa shape index (κ2) is 21.7. The van der Waals surface area contributed by atoms with Gasteiger partial charge in [-0.05, 0) is 57.2 Å². The van der Waals surface area contributed by atoms with Crippen molar-refractivity contribution in [1.82, 2.24) is 0 Å². The van der Waals surface area contributed by atoms with Gasteiger partial charge in [-0.1, -0.05) is 12.1 Å². The lowest BCUT2D eigenvalue weighted by Gasteiger charge is -2.46. The van der Waals surface area contributed by atoms with E-state index in [0.717, 1.165) is 12.1 Å². The quantitative estimate of drug-likeness (QED) is 0.0634. The van der Waals surface area contributed by atoms with Crippen molar-refractivity contribution < 1.29 is 118 Å². The molecule has 72 heavy (non-hydrogen) atoms. The number of rotatable bonds is 13. The molecule has 25 nitrogen and oxygen atoms in total. The number of esters is 1. The van der Waals surface area contributed by atoms with E-state index in [4.69, 9.17) is 51.8 Å². The highest BCUT2D eigenvalue weighted by Crippen LogP contribution is 2.40. The lowest BCUT2D eigenvalue weighted by molar-refractivity contribution is -0.360. The molecule has 0 aliphatic carbocycles. The third-order valence-electron chi connectivity index (χ3n) is 12.9. The van der Waals surface area contributed by atoms with E-state index in [1.165, 1.54) is 64.3 Å². The molecule has 20 atom stereocenters. The summed E-state index contributed by atoms with van der Waals surface area (Å²) in [7, 11) is 1.33. The van der Waals surface area contributed by atoms with E-state index in [9.17, 15) is 70.9 Å². The Kier molecular flexibility index (Phi) is 15.9. The van der Waals surface area contributed by atoms with Gasteiger partial charge in [0.2, 0.25) is 23.8 Å². The van der Waals surface area contributed by atoms with E-state index in [2.05, 4.69) is 0 Å². The molecule has 25 heteroatoms. The second-order valence-electron chi connectivity index (χ2n) is 17.8. The first-order chi connectivity index (χ1) is 34.2. The first-order valence-corrected chi connectivity index (χ1v) is 22.7. The van der Waals surface area contributed by atoms with Crippen LogP contribution < -0.4 is 19.6 Å². The number of aliphatic hydroxyl groups excluding tert-OH is 10. The minimum Gasteiger partial charge on any atom is -0.508 e. The summed E-state index contributed by atoms with van der Waals surface area (Å²) in [5.41, 5.74) is -1.50. The van der Waals surface area contributed by atoms with Gasteiger partial charge in [-0.15, -0.1) is 0 Å². The summed E-state index contributed by atoms with van der Waals surface area (Å²) in [5, 5.41) is 129. The number of ether oxygens (including phenoxy) is 10. The van der Waals surface area contributed by atoms with Crippen LogP contribution in [0.4, 0.5) is 0 Å². The highest BCUT2D eigenvalue weighted by molar-refractivity contribution is 5.92. The molecule has 4 saturated heterocycles. The molecule has 0 amide bonds. The van der Waals surface area contributed by atoms with Crippen LogP contribution in [-0.4, -0.2) is 204 Å². The molecule has 1 aromatic heterocycles. The van der Waals surface area contributed by atoms with Crippen molar-refractivity contribution in [3.05, 3.63) is 76.5 Å². The molecule has 0 radical (unpaired) electrons. The van der Waals surface area contributed by atoms with Crippen LogP contribution in [0.15, 0.2) is 69.9 Å². The standard InChI is InChI=1S/C47H56O25/c1-16-28(50)33(55)37(59)44(64-16)63-15-26-31(53)36(58)42(72-45-38(60)34(56)29(51)17(2)65-45)47(69-26)71-40-32(54)27-23(49)13-21(14-25(27)68-39(40)19-9-11-20(48)12-10-19)67-46-41(35(57)30(52)18(3)66-46)70-43(61)22-7-5-6-8-24(22)62-4/h5-14,16-18,26,28-31,33-38,41-42,44-53,55-60H,15H2,1-4H3/t16-,17-,18-,26+,28-,29-,30-,31-,33+,34+,35+,36-,37+,38+,41+,42+,44+,45-,46-,47-/m0/s1. The van der Waals surface area contributed by atoms with E-state index >= 15 is 0 Å². The summed E-state index contributed by atoms with van der Waals surface area (Å²) in [6.45, 7) is 3.43. The molecule has 4 aromatic rings. The average Bonchev–Trinajstić information content (AvgIpc) is 3.36. The summed E-state index contributed by atoms with van der Waals surface area (Å²) in [6.07, 6.45) is -33.5. The fraction of sp³-hybridized carbons (Fsp3) is 0.532. The predicted molar refractivity (Wildman–Crippen MR) is 237 cm³/mol. The third-order valence-corrected chi connectivity index (χ3v) is 12.9. The molecule has 4 aliphatic rings. The number of aromatic hydroxyl groups is 2. The van der Waals surface area contributed by atoms with Gasteiger partial charge < -0.3 is 113 Å². The lowest BCUT2D eigenvalue weighted by Crippen LogP contribution is -2.65. The van der Waals surface area contributed by atoms with Crippen LogP contribution in [0, 0.1) is 0 Å². The number of carbonyl (C=O) groups is 1. The normalized spacial score (nSPS) is 37.2. The number of hydrogen-bond donors (Lipinski definition) is 12. The Morgan fingerprint density at radius 3 is 1.83 bits per heavy atom. The Morgan fingerprint density at radius 2 is 1.18 bits per heavy atom. The van der Waals surface area contributed by atoms with Crippen molar-refractivity contribution in [2.24, 2.45) is 0 Å². The maximum Gasteiger partial charge on any atom is 0.342 e. The van der Waals surface area contributed by atoms with Gasteiger partial charge >= 0.3 is 5.97 Å². The van der Waals surface area contributed by atoms with Crippen molar-refractivity contribution in [2.75, 3.05) is 13.7 Å². The topological polar surface area (TPSA) is 382 Å². The van der Waals surface area contributed by atoms with Crippen molar-refractivity contribution in [3.8, 4) is 40.1 Å². The molecule has 0 spiro atoms. The van der Waals surface area contributed by atoms with Gasteiger partial charge in [-0.2, -0.15) is 0 Å². The van der Waals surface area contributed by atoms with Crippen LogP contribution in [0.5, 0.6) is 28.7 Å². The van der Waals surface area contributed by atoms with Crippen LogP contribution in [0.1, 0.15) is 31.1 Å². The van der Waals surface area contributed by atoms with Gasteiger partial charge in [0.1, 0.15) is 107 Å². The average molecular weight is 1020 g/mol. The minimum absolute atomic E-state index is 0.0334. The highest BCUT2D eigenvalue weighted by atomic mass is 16.8. The Hall–Kier alpha value is -5.30. The largest absolute Gasteiger partial charge is 0.508 e. The number of para-hydroxylation sites is 1. The number of hydrogen-bond acceptors (Lipinski definition) is 25. The summed E-state index contributed by atoms with van der Waals surface area (Å²) in [6, 6.07) is 13.2. The monoisotopic (exact) mass is 1020 g/mol. The Balaban J connectivity index is 1.16. The van der Waals surface area contributed by atoms with Crippen LogP contribution in [0.3, 0.4) is 0 Å². The van der Waals surface area contributed by atoms with Gasteiger partial charge in [-0.25, -0.2) is 4.79 Å². The van der Waals surface area contributed by atoms with Crippen LogP contribution in [-0.2, 0) is 33.2 Å². The molecule has 4 fully saturated rings. The molecular weight excluding hydrogens is 964 g/mol. The number of methoxy groups -OCH3 is 1. The van der Waals surface area contributed by atoms with Crippen LogP contribution in [0.25, 0.3) is 22.3 Å². The smallest absolute Gasteiger partial charge is 0.342 e. The minimum atomic E-state index is -2.09. The van der Waals surface area contributed by atoms with E-state index in [-0.39, 0.29) is 34.0 Å². The number of phenols is 2. The van der Waals surface area contributed by atoms with Crippen molar-refractivity contribution in [2.45, 2.75) is 144 Å². The molecule has 3 aromatic carbocycles. The molecule has 394 valence electrons. The Bertz CT molecular complexity index is 2570. The fourth-order valence-electron chi connectivity index (χ4n) is 8.61. The Morgan fingerprint density at radius 1 is 0.611 bits per heavy atom. The molecule has 0 saturated carbocycles. The zero-order valence-electron chi connectivity index (χ0n) is 38.7. The van der Waals surface area contributed by atoms with E-state index < -0.39 is 163 Å². The van der Waals surface area contributed by atoms with Crippen LogP contribution >= 0.6 is 0 Å². The first-order valence-electron chi connectivity index (χ1n) is 22.7. The highest BCUT2D eigenvalue weighted by Gasteiger charge is 2.53. The van der Waals surface area contributed by atoms with Gasteiger partial charge in [0.15, 0.2) is 30.5 Å². The third kappa shape index (κ3) is 10.4. The number of phenolic OH excluding ortho intramolecular Hbond substituents is 2. The van der Waals surface area contributed by atoms with E-state index in [1.54, 1.807) is 12.1 Å². The van der Waals surface area contributed by atoms with Crippen molar-refractivity contribution in [1.29, 1.82) is 0 Å². The fourth-order valence-corrected chi connectivity index (χ4v) is 8.61. The number of aliphatic hydroxyl groups is 10. The molecule has 0 bridgehead atoms. The van der Waals surface area contributed by atoms with Gasteiger partial charge in [-0.3, -0.25) is 4.79 Å². The van der Waals surface area contributed by atoms with Crippen molar-refractivity contribution >= 4 is 16.9 Å². The maximum atomic E-state index is 14.8. The van der Waals surface area contributed by atoms with Gasteiger partial charge in [0.05, 0.1) is 32.0 Å². The Labute approximate surface area is 407 Å². The molecule has 4 aliphatic heterocycles. The molecule has 0 unspecified atom stereocenters. The summed E-state index contributed by atoms with van der Waals surface area (Å²) < 4.78 is 63.9.